The van der Waals surface area contributed by atoms with Crippen molar-refractivity contribution in [2.45, 2.75) is 12.8 Å². The van der Waals surface area contributed by atoms with Crippen molar-refractivity contribution in [1.82, 2.24) is 5.32 Å². The van der Waals surface area contributed by atoms with Gasteiger partial charge in [-0.3, -0.25) is 4.79 Å². The number of piperidine rings is 1. The van der Waals surface area contributed by atoms with Gasteiger partial charge in [0.1, 0.15) is 0 Å². The van der Waals surface area contributed by atoms with Gasteiger partial charge < -0.3 is 20.7 Å². The van der Waals surface area contributed by atoms with Crippen LogP contribution in [0.5, 0.6) is 0 Å². The van der Waals surface area contributed by atoms with E-state index < -0.39 is 5.97 Å². The Kier molecular flexibility index (Phi) is 4.67. The Bertz CT molecular complexity index is 545. The van der Waals surface area contributed by atoms with Crippen LogP contribution in [0.3, 0.4) is 0 Å². The number of hydrogen-bond acceptors (Lipinski definition) is 5. The SMILES string of the molecule is CNC(=O)C1CCCN(c2cc(C(=O)OC)ccc2N)C1. The van der Waals surface area contributed by atoms with Crippen LogP contribution >= 0.6 is 0 Å². The van der Waals surface area contributed by atoms with Gasteiger partial charge in [-0.25, -0.2) is 4.79 Å². The summed E-state index contributed by atoms with van der Waals surface area (Å²) in [5, 5.41) is 2.69. The first-order chi connectivity index (χ1) is 10.1. The lowest BCUT2D eigenvalue weighted by Gasteiger charge is -2.34. The minimum Gasteiger partial charge on any atom is -0.465 e. The quantitative estimate of drug-likeness (QED) is 0.641. The van der Waals surface area contributed by atoms with Crippen LogP contribution in [-0.4, -0.2) is 39.1 Å². The number of nitrogen functional groups attached to an aromatic ring is 1. The number of carbonyl (C=O) groups excluding carboxylic acids is 2. The Balaban J connectivity index is 2.24. The number of nitrogens with two attached hydrogens (primary N) is 1. The molecule has 3 N–H and O–H groups in total. The van der Waals surface area contributed by atoms with Crippen molar-refractivity contribution in [1.29, 1.82) is 0 Å². The van der Waals surface area contributed by atoms with E-state index in [0.29, 0.717) is 17.8 Å². The highest BCUT2D eigenvalue weighted by Crippen LogP contribution is 2.29. The number of rotatable bonds is 3. The van der Waals surface area contributed by atoms with E-state index in [1.54, 1.807) is 25.2 Å². The van der Waals surface area contributed by atoms with Gasteiger partial charge in [0.05, 0.1) is 30.0 Å². The number of benzene rings is 1. The molecule has 1 unspecified atom stereocenters. The molecule has 1 amide bonds. The minimum atomic E-state index is -0.392. The normalized spacial score (nSPS) is 18.2. The number of nitrogens with one attached hydrogen (secondary N) is 1. The number of amides is 1. The zero-order valence-electron chi connectivity index (χ0n) is 12.4. The van der Waals surface area contributed by atoms with Crippen LogP contribution in [0.15, 0.2) is 18.2 Å². The second kappa shape index (κ2) is 6.47. The number of esters is 1. The minimum absolute atomic E-state index is 0.0439. The molecule has 0 aromatic heterocycles. The van der Waals surface area contributed by atoms with Crippen molar-refractivity contribution >= 4 is 23.3 Å². The van der Waals surface area contributed by atoms with Crippen LogP contribution in [0.4, 0.5) is 11.4 Å². The number of anilines is 2. The highest BCUT2D eigenvalue weighted by molar-refractivity contribution is 5.92. The number of methoxy groups -OCH3 is 1. The molecule has 1 heterocycles. The third-order valence-electron chi connectivity index (χ3n) is 3.83. The fraction of sp³-hybridized carbons (Fsp3) is 0.467. The topological polar surface area (TPSA) is 84.7 Å². The molecule has 0 radical (unpaired) electrons. The van der Waals surface area contributed by atoms with Gasteiger partial charge in [0, 0.05) is 20.1 Å². The van der Waals surface area contributed by atoms with Gasteiger partial charge in [-0.1, -0.05) is 0 Å². The predicted octanol–water partition coefficient (Wildman–Crippen LogP) is 1.02. The van der Waals surface area contributed by atoms with Gasteiger partial charge in [-0.15, -0.1) is 0 Å². The van der Waals surface area contributed by atoms with Gasteiger partial charge in [-0.05, 0) is 31.0 Å². The van der Waals surface area contributed by atoms with Crippen molar-refractivity contribution in [3.8, 4) is 0 Å². The molecule has 2 rings (SSSR count). The average Bonchev–Trinajstić information content (AvgIpc) is 2.53. The molecule has 6 nitrogen and oxygen atoms in total. The van der Waals surface area contributed by atoms with E-state index in [0.717, 1.165) is 25.1 Å². The average molecular weight is 291 g/mol. The summed E-state index contributed by atoms with van der Waals surface area (Å²) in [5.41, 5.74) is 7.86. The summed E-state index contributed by atoms with van der Waals surface area (Å²) in [7, 11) is 2.99. The van der Waals surface area contributed by atoms with Gasteiger partial charge in [-0.2, -0.15) is 0 Å². The number of ether oxygens (including phenoxy) is 1. The molecule has 1 fully saturated rings. The molecule has 0 spiro atoms. The second-order valence-electron chi connectivity index (χ2n) is 5.16. The van der Waals surface area contributed by atoms with Gasteiger partial charge in [0.25, 0.3) is 0 Å². The zero-order chi connectivity index (χ0) is 15.4. The summed E-state index contributed by atoms with van der Waals surface area (Å²) in [5.74, 6) is -0.400. The first kappa shape index (κ1) is 15.2. The molecule has 1 aliphatic heterocycles. The summed E-state index contributed by atoms with van der Waals surface area (Å²) >= 11 is 0. The molecule has 114 valence electrons. The van der Waals surface area contributed by atoms with E-state index in [1.165, 1.54) is 7.11 Å². The molecule has 1 aromatic carbocycles. The van der Waals surface area contributed by atoms with E-state index in [2.05, 4.69) is 10.2 Å². The van der Waals surface area contributed by atoms with Gasteiger partial charge in [0.2, 0.25) is 5.91 Å². The first-order valence-corrected chi connectivity index (χ1v) is 7.01. The summed E-state index contributed by atoms with van der Waals surface area (Å²) in [4.78, 5) is 25.5. The Morgan fingerprint density at radius 2 is 2.19 bits per heavy atom. The molecule has 6 heteroatoms. The highest BCUT2D eigenvalue weighted by Gasteiger charge is 2.26. The maximum absolute atomic E-state index is 11.8. The van der Waals surface area contributed by atoms with Gasteiger partial charge >= 0.3 is 5.97 Å². The molecule has 21 heavy (non-hydrogen) atoms. The smallest absolute Gasteiger partial charge is 0.337 e. The van der Waals surface area contributed by atoms with Crippen LogP contribution in [0.25, 0.3) is 0 Å². The monoisotopic (exact) mass is 291 g/mol. The van der Waals surface area contributed by atoms with Crippen molar-refractivity contribution < 1.29 is 14.3 Å². The van der Waals surface area contributed by atoms with E-state index >= 15 is 0 Å². The molecule has 0 saturated carbocycles. The molecule has 1 aromatic rings. The molecule has 1 saturated heterocycles. The highest BCUT2D eigenvalue weighted by atomic mass is 16.5. The molecular weight excluding hydrogens is 270 g/mol. The maximum Gasteiger partial charge on any atom is 0.337 e. The lowest BCUT2D eigenvalue weighted by molar-refractivity contribution is -0.124. The Morgan fingerprint density at radius 3 is 2.86 bits per heavy atom. The largest absolute Gasteiger partial charge is 0.465 e. The van der Waals surface area contributed by atoms with E-state index in [1.807, 2.05) is 0 Å². The predicted molar refractivity (Wildman–Crippen MR) is 81.2 cm³/mol. The van der Waals surface area contributed by atoms with Crippen LogP contribution < -0.4 is 16.0 Å². The van der Waals surface area contributed by atoms with Crippen LogP contribution in [-0.2, 0) is 9.53 Å². The summed E-state index contributed by atoms with van der Waals surface area (Å²) in [6.07, 6.45) is 1.78. The standard InChI is InChI=1S/C15H21N3O3/c1-17-14(19)11-4-3-7-18(9-11)13-8-10(15(20)21-2)5-6-12(13)16/h5-6,8,11H,3-4,7,9,16H2,1-2H3,(H,17,19). The Hall–Kier alpha value is -2.24. The number of hydrogen-bond donors (Lipinski definition) is 2. The van der Waals surface area contributed by atoms with E-state index in [9.17, 15) is 9.59 Å². The molecule has 0 bridgehead atoms. The van der Waals surface area contributed by atoms with Crippen LogP contribution in [0, 0.1) is 5.92 Å². The Labute approximate surface area is 124 Å². The first-order valence-electron chi connectivity index (χ1n) is 7.01. The van der Waals surface area contributed by atoms with Gasteiger partial charge in [0.15, 0.2) is 0 Å². The fourth-order valence-corrected chi connectivity index (χ4v) is 2.68. The summed E-state index contributed by atoms with van der Waals surface area (Å²) < 4.78 is 4.73. The van der Waals surface area contributed by atoms with Crippen molar-refractivity contribution in [2.24, 2.45) is 5.92 Å². The fourth-order valence-electron chi connectivity index (χ4n) is 2.68. The van der Waals surface area contributed by atoms with Crippen LogP contribution in [0.1, 0.15) is 23.2 Å². The second-order valence-corrected chi connectivity index (χ2v) is 5.16. The third-order valence-corrected chi connectivity index (χ3v) is 3.83. The Morgan fingerprint density at radius 1 is 1.43 bits per heavy atom. The zero-order valence-corrected chi connectivity index (χ0v) is 12.4. The number of nitrogens with zero attached hydrogens (tertiary/aromatic N) is 1. The van der Waals surface area contributed by atoms with Crippen molar-refractivity contribution in [2.75, 3.05) is 37.9 Å². The molecule has 1 aliphatic rings. The molecule has 1 atom stereocenters. The van der Waals surface area contributed by atoms with E-state index in [4.69, 9.17) is 10.5 Å². The maximum atomic E-state index is 11.8. The van der Waals surface area contributed by atoms with Crippen molar-refractivity contribution in [3.05, 3.63) is 23.8 Å². The van der Waals surface area contributed by atoms with Crippen LogP contribution in [0.2, 0.25) is 0 Å². The lowest BCUT2D eigenvalue weighted by Crippen LogP contribution is -2.42. The lowest BCUT2D eigenvalue weighted by atomic mass is 9.96. The summed E-state index contributed by atoms with van der Waals surface area (Å²) in [6, 6.07) is 5.07. The summed E-state index contributed by atoms with van der Waals surface area (Å²) in [6.45, 7) is 1.43. The third kappa shape index (κ3) is 3.26. The van der Waals surface area contributed by atoms with E-state index in [-0.39, 0.29) is 11.8 Å². The number of carbonyl (C=O) groups is 2. The molecular formula is C15H21N3O3. The van der Waals surface area contributed by atoms with Crippen molar-refractivity contribution in [3.63, 3.8) is 0 Å². The molecule has 0 aliphatic carbocycles.